The lowest BCUT2D eigenvalue weighted by Crippen LogP contribution is -2.15. The van der Waals surface area contributed by atoms with E-state index in [4.69, 9.17) is 10.8 Å². The molecule has 4 heteroatoms. The molecule has 0 heterocycles. The van der Waals surface area contributed by atoms with Gasteiger partial charge in [0, 0.05) is 11.6 Å². The highest BCUT2D eigenvalue weighted by molar-refractivity contribution is 5.98. The van der Waals surface area contributed by atoms with E-state index in [2.05, 4.69) is 0 Å². The zero-order valence-electron chi connectivity index (χ0n) is 8.43. The summed E-state index contributed by atoms with van der Waals surface area (Å²) in [6.07, 6.45) is -0.463. The van der Waals surface area contributed by atoms with Crippen LogP contribution in [0, 0.1) is 0 Å². The predicted molar refractivity (Wildman–Crippen MR) is 56.5 cm³/mol. The second-order valence-corrected chi connectivity index (χ2v) is 3.39. The van der Waals surface area contributed by atoms with Gasteiger partial charge in [-0.3, -0.25) is 9.59 Å². The summed E-state index contributed by atoms with van der Waals surface area (Å²) in [6, 6.07) is 6.98. The molecule has 0 saturated heterocycles. The number of ketones is 1. The highest BCUT2D eigenvalue weighted by Crippen LogP contribution is 2.23. The van der Waals surface area contributed by atoms with Crippen LogP contribution in [0.3, 0.4) is 0 Å². The van der Waals surface area contributed by atoms with Crippen LogP contribution in [0.5, 0.6) is 0 Å². The minimum absolute atomic E-state index is 0.333. The number of nitrogens with two attached hydrogens (primary N) is 1. The van der Waals surface area contributed by atoms with E-state index in [-0.39, 0.29) is 5.78 Å². The summed E-state index contributed by atoms with van der Waals surface area (Å²) in [6.45, 7) is 1.66. The lowest BCUT2D eigenvalue weighted by Gasteiger charge is -2.11. The van der Waals surface area contributed by atoms with Crippen LogP contribution in [0.15, 0.2) is 24.3 Å². The van der Waals surface area contributed by atoms with Gasteiger partial charge < -0.3 is 10.8 Å². The number of anilines is 1. The molecule has 0 bridgehead atoms. The number of Topliss-reactive ketones (excluding diaryl/α,β-unsaturated/α-hetero) is 1. The SMILES string of the molecule is CC(C(=O)CC(=O)O)c1ccccc1N. The van der Waals surface area contributed by atoms with Gasteiger partial charge in [-0.15, -0.1) is 0 Å². The summed E-state index contributed by atoms with van der Waals surface area (Å²) in [7, 11) is 0. The Labute approximate surface area is 87.7 Å². The quantitative estimate of drug-likeness (QED) is 0.578. The lowest BCUT2D eigenvalue weighted by atomic mass is 9.94. The molecule has 80 valence electrons. The zero-order chi connectivity index (χ0) is 11.4. The molecule has 0 aliphatic carbocycles. The topological polar surface area (TPSA) is 80.4 Å². The van der Waals surface area contributed by atoms with Crippen molar-refractivity contribution < 1.29 is 14.7 Å². The van der Waals surface area contributed by atoms with Crippen molar-refractivity contribution in [2.45, 2.75) is 19.3 Å². The highest BCUT2D eigenvalue weighted by Gasteiger charge is 2.19. The maximum absolute atomic E-state index is 11.5. The number of carbonyl (C=O) groups excluding carboxylic acids is 1. The van der Waals surface area contributed by atoms with E-state index in [1.54, 1.807) is 31.2 Å². The molecule has 0 spiro atoms. The molecule has 0 aliphatic heterocycles. The van der Waals surface area contributed by atoms with Gasteiger partial charge in [-0.1, -0.05) is 25.1 Å². The summed E-state index contributed by atoms with van der Waals surface area (Å²) in [5.41, 5.74) is 6.89. The van der Waals surface area contributed by atoms with Crippen molar-refractivity contribution in [3.05, 3.63) is 29.8 Å². The maximum Gasteiger partial charge on any atom is 0.310 e. The van der Waals surface area contributed by atoms with E-state index in [1.165, 1.54) is 0 Å². The lowest BCUT2D eigenvalue weighted by molar-refractivity contribution is -0.140. The van der Waals surface area contributed by atoms with Crippen molar-refractivity contribution in [3.8, 4) is 0 Å². The van der Waals surface area contributed by atoms with Crippen molar-refractivity contribution in [2.75, 3.05) is 5.73 Å². The second kappa shape index (κ2) is 4.59. The summed E-state index contributed by atoms with van der Waals surface area (Å²) >= 11 is 0. The normalized spacial score (nSPS) is 12.1. The third kappa shape index (κ3) is 2.80. The third-order valence-corrected chi connectivity index (χ3v) is 2.27. The van der Waals surface area contributed by atoms with Gasteiger partial charge >= 0.3 is 5.97 Å². The molecular weight excluding hydrogens is 194 g/mol. The van der Waals surface area contributed by atoms with Crippen LogP contribution in [0.4, 0.5) is 5.69 Å². The number of aliphatic carboxylic acids is 1. The number of rotatable bonds is 4. The molecule has 1 aromatic carbocycles. The first-order valence-electron chi connectivity index (χ1n) is 4.61. The number of carboxylic acids is 1. The van der Waals surface area contributed by atoms with Gasteiger partial charge in [-0.2, -0.15) is 0 Å². The predicted octanol–water partition coefficient (Wildman–Crippen LogP) is 1.42. The van der Waals surface area contributed by atoms with Gasteiger partial charge in [0.1, 0.15) is 6.42 Å². The molecule has 1 atom stereocenters. The van der Waals surface area contributed by atoms with Crippen LogP contribution >= 0.6 is 0 Å². The van der Waals surface area contributed by atoms with Gasteiger partial charge in [0.25, 0.3) is 0 Å². The van der Waals surface area contributed by atoms with Gasteiger partial charge in [0.15, 0.2) is 5.78 Å². The van der Waals surface area contributed by atoms with Crippen LogP contribution in [0.1, 0.15) is 24.8 Å². The molecule has 3 N–H and O–H groups in total. The van der Waals surface area contributed by atoms with Crippen LogP contribution in [-0.2, 0) is 9.59 Å². The zero-order valence-corrected chi connectivity index (χ0v) is 8.43. The van der Waals surface area contributed by atoms with E-state index < -0.39 is 18.3 Å². The summed E-state index contributed by atoms with van der Waals surface area (Å²) in [4.78, 5) is 21.8. The fourth-order valence-electron chi connectivity index (χ4n) is 1.38. The standard InChI is InChI=1S/C11H13NO3/c1-7(10(13)6-11(14)15)8-4-2-3-5-9(8)12/h2-5,7H,6,12H2,1H3,(H,14,15). The van der Waals surface area contributed by atoms with E-state index in [0.717, 1.165) is 0 Å². The molecular formula is C11H13NO3. The Morgan fingerprint density at radius 2 is 2.00 bits per heavy atom. The van der Waals surface area contributed by atoms with Crippen LogP contribution in [0.25, 0.3) is 0 Å². The molecule has 1 aromatic rings. The van der Waals surface area contributed by atoms with Crippen molar-refractivity contribution in [2.24, 2.45) is 0 Å². The number of para-hydroxylation sites is 1. The van der Waals surface area contributed by atoms with E-state index in [1.807, 2.05) is 0 Å². The van der Waals surface area contributed by atoms with Crippen LogP contribution in [0.2, 0.25) is 0 Å². The molecule has 4 nitrogen and oxygen atoms in total. The molecule has 1 rings (SSSR count). The van der Waals surface area contributed by atoms with E-state index in [9.17, 15) is 9.59 Å². The third-order valence-electron chi connectivity index (χ3n) is 2.27. The monoisotopic (exact) mass is 207 g/mol. The number of hydrogen-bond acceptors (Lipinski definition) is 3. The van der Waals surface area contributed by atoms with Crippen molar-refractivity contribution in [1.29, 1.82) is 0 Å². The Morgan fingerprint density at radius 3 is 2.53 bits per heavy atom. The van der Waals surface area contributed by atoms with Crippen molar-refractivity contribution in [1.82, 2.24) is 0 Å². The van der Waals surface area contributed by atoms with Gasteiger partial charge in [0.05, 0.1) is 0 Å². The van der Waals surface area contributed by atoms with E-state index in [0.29, 0.717) is 11.3 Å². The summed E-state index contributed by atoms with van der Waals surface area (Å²) in [5, 5.41) is 8.50. The molecule has 0 saturated carbocycles. The number of carbonyl (C=O) groups is 2. The Balaban J connectivity index is 2.85. The molecule has 0 aromatic heterocycles. The summed E-state index contributed by atoms with van der Waals surface area (Å²) in [5.74, 6) is -1.91. The fourth-order valence-corrected chi connectivity index (χ4v) is 1.38. The summed E-state index contributed by atoms with van der Waals surface area (Å²) < 4.78 is 0. The van der Waals surface area contributed by atoms with Crippen molar-refractivity contribution >= 4 is 17.4 Å². The Bertz CT molecular complexity index is 387. The number of carboxylic acid groups (broad SMARTS) is 1. The Kier molecular flexibility index (Phi) is 3.44. The minimum Gasteiger partial charge on any atom is -0.481 e. The molecule has 0 amide bonds. The van der Waals surface area contributed by atoms with Crippen LogP contribution < -0.4 is 5.73 Å². The van der Waals surface area contributed by atoms with E-state index >= 15 is 0 Å². The largest absolute Gasteiger partial charge is 0.481 e. The first-order chi connectivity index (χ1) is 7.02. The van der Waals surface area contributed by atoms with Crippen molar-refractivity contribution in [3.63, 3.8) is 0 Å². The molecule has 15 heavy (non-hydrogen) atoms. The van der Waals surface area contributed by atoms with Crippen LogP contribution in [-0.4, -0.2) is 16.9 Å². The maximum atomic E-state index is 11.5. The van der Waals surface area contributed by atoms with Gasteiger partial charge in [-0.05, 0) is 11.6 Å². The Hall–Kier alpha value is -1.84. The highest BCUT2D eigenvalue weighted by atomic mass is 16.4. The second-order valence-electron chi connectivity index (χ2n) is 3.39. The average molecular weight is 207 g/mol. The van der Waals surface area contributed by atoms with Gasteiger partial charge in [-0.25, -0.2) is 0 Å². The number of hydrogen-bond donors (Lipinski definition) is 2. The number of nitrogen functional groups attached to an aromatic ring is 1. The molecule has 0 fully saturated rings. The number of benzene rings is 1. The Morgan fingerprint density at radius 1 is 1.40 bits per heavy atom. The minimum atomic E-state index is -1.11. The molecule has 0 radical (unpaired) electrons. The van der Waals surface area contributed by atoms with Gasteiger partial charge in [0.2, 0.25) is 0 Å². The molecule has 1 unspecified atom stereocenters. The first kappa shape index (κ1) is 11.2. The smallest absolute Gasteiger partial charge is 0.310 e. The first-order valence-corrected chi connectivity index (χ1v) is 4.61. The average Bonchev–Trinajstić information content (AvgIpc) is 2.16. The molecule has 0 aliphatic rings. The fraction of sp³-hybridized carbons (Fsp3) is 0.273.